The minimum Gasteiger partial charge on any atom is -0.337 e. The highest BCUT2D eigenvalue weighted by Crippen LogP contribution is 2.28. The number of amides is 1. The normalized spacial score (nSPS) is 10.7. The Morgan fingerprint density at radius 1 is 1.07 bits per heavy atom. The molecular weight excluding hydrogens is 356 g/mol. The molecule has 0 atom stereocenters. The number of hydrogen-bond donors (Lipinski definition) is 0. The van der Waals surface area contributed by atoms with Crippen LogP contribution in [0, 0.1) is 0 Å². The third-order valence-electron chi connectivity index (χ3n) is 4.24. The van der Waals surface area contributed by atoms with Crippen LogP contribution in [-0.4, -0.2) is 32.6 Å². The van der Waals surface area contributed by atoms with Crippen molar-refractivity contribution in [1.29, 1.82) is 0 Å². The lowest BCUT2D eigenvalue weighted by Gasteiger charge is -2.16. The van der Waals surface area contributed by atoms with Crippen LogP contribution in [0.1, 0.15) is 15.9 Å². The summed E-state index contributed by atoms with van der Waals surface area (Å²) in [5, 5.41) is 6.69. The minimum absolute atomic E-state index is 0.0580. The summed E-state index contributed by atoms with van der Waals surface area (Å²) in [6.07, 6.45) is 5.28. The smallest absolute Gasteiger partial charge is 0.257 e. The van der Waals surface area contributed by atoms with Crippen molar-refractivity contribution in [2.45, 2.75) is 6.54 Å². The van der Waals surface area contributed by atoms with E-state index in [1.165, 1.54) is 0 Å². The molecule has 3 heterocycles. The van der Waals surface area contributed by atoms with Crippen molar-refractivity contribution in [2.24, 2.45) is 0 Å². The van der Waals surface area contributed by atoms with E-state index in [9.17, 15) is 4.79 Å². The molecule has 0 radical (unpaired) electrons. The molecule has 134 valence electrons. The molecule has 0 aliphatic heterocycles. The molecule has 4 rings (SSSR count). The van der Waals surface area contributed by atoms with Crippen molar-refractivity contribution in [3.63, 3.8) is 0 Å². The molecule has 1 aromatic carbocycles. The van der Waals surface area contributed by atoms with Gasteiger partial charge in [-0.2, -0.15) is 5.10 Å². The first-order chi connectivity index (χ1) is 13.2. The van der Waals surface area contributed by atoms with Gasteiger partial charge in [0.25, 0.3) is 5.91 Å². The summed E-state index contributed by atoms with van der Waals surface area (Å²) in [6, 6.07) is 17.6. The Balaban J connectivity index is 1.70. The number of para-hydroxylation sites is 1. The van der Waals surface area contributed by atoms with Crippen molar-refractivity contribution in [3.8, 4) is 16.3 Å². The maximum absolute atomic E-state index is 13.2. The number of carbonyl (C=O) groups excluding carboxylic acids is 1. The average molecular weight is 374 g/mol. The quantitative estimate of drug-likeness (QED) is 0.524. The van der Waals surface area contributed by atoms with Crippen molar-refractivity contribution in [3.05, 3.63) is 89.7 Å². The monoisotopic (exact) mass is 374 g/mol. The van der Waals surface area contributed by atoms with E-state index >= 15 is 0 Å². The lowest BCUT2D eigenvalue weighted by Crippen LogP contribution is -2.26. The van der Waals surface area contributed by atoms with E-state index in [1.807, 2.05) is 66.2 Å². The van der Waals surface area contributed by atoms with Gasteiger partial charge in [0, 0.05) is 32.2 Å². The zero-order chi connectivity index (χ0) is 18.6. The molecule has 0 saturated heterocycles. The summed E-state index contributed by atoms with van der Waals surface area (Å²) in [6.45, 7) is 0.516. The van der Waals surface area contributed by atoms with Crippen LogP contribution in [0.3, 0.4) is 0 Å². The molecule has 0 fully saturated rings. The van der Waals surface area contributed by atoms with Gasteiger partial charge < -0.3 is 4.90 Å². The van der Waals surface area contributed by atoms with Crippen LogP contribution in [0.25, 0.3) is 16.3 Å². The lowest BCUT2D eigenvalue weighted by molar-refractivity contribution is 0.0786. The zero-order valence-electron chi connectivity index (χ0n) is 14.8. The van der Waals surface area contributed by atoms with Crippen molar-refractivity contribution in [1.82, 2.24) is 19.7 Å². The third-order valence-corrected chi connectivity index (χ3v) is 5.11. The van der Waals surface area contributed by atoms with Gasteiger partial charge in [-0.3, -0.25) is 9.78 Å². The van der Waals surface area contributed by atoms with Gasteiger partial charge in [-0.05, 0) is 41.3 Å². The molecule has 0 unspecified atom stereocenters. The predicted molar refractivity (Wildman–Crippen MR) is 107 cm³/mol. The molecule has 3 aromatic heterocycles. The summed E-state index contributed by atoms with van der Waals surface area (Å²) in [5.41, 5.74) is 3.26. The molecule has 5 nitrogen and oxygen atoms in total. The number of rotatable bonds is 5. The second-order valence-corrected chi connectivity index (χ2v) is 7.11. The van der Waals surface area contributed by atoms with Crippen LogP contribution in [0.4, 0.5) is 0 Å². The van der Waals surface area contributed by atoms with Crippen LogP contribution in [-0.2, 0) is 6.54 Å². The molecule has 1 amide bonds. The molecule has 4 aromatic rings. The summed E-state index contributed by atoms with van der Waals surface area (Å²) >= 11 is 1.58. The molecule has 0 saturated carbocycles. The Morgan fingerprint density at radius 2 is 1.85 bits per heavy atom. The molecule has 0 aliphatic rings. The largest absolute Gasteiger partial charge is 0.337 e. The Bertz CT molecular complexity index is 1030. The molecule has 27 heavy (non-hydrogen) atoms. The van der Waals surface area contributed by atoms with E-state index < -0.39 is 0 Å². The molecule has 0 N–H and O–H groups in total. The highest BCUT2D eigenvalue weighted by Gasteiger charge is 2.22. The topological polar surface area (TPSA) is 51.0 Å². The number of aromatic nitrogens is 3. The second kappa shape index (κ2) is 7.55. The fraction of sp³-hybridized carbons (Fsp3) is 0.0952. The first kappa shape index (κ1) is 17.2. The minimum atomic E-state index is -0.0580. The van der Waals surface area contributed by atoms with Gasteiger partial charge >= 0.3 is 0 Å². The number of hydrogen-bond acceptors (Lipinski definition) is 4. The Kier molecular flexibility index (Phi) is 4.80. The van der Waals surface area contributed by atoms with E-state index in [4.69, 9.17) is 5.10 Å². The molecule has 6 heteroatoms. The van der Waals surface area contributed by atoms with Gasteiger partial charge in [0.15, 0.2) is 0 Å². The summed E-state index contributed by atoms with van der Waals surface area (Å²) in [5.74, 6) is -0.0580. The summed E-state index contributed by atoms with van der Waals surface area (Å²) in [4.78, 5) is 19.9. The summed E-state index contributed by atoms with van der Waals surface area (Å²) < 4.78 is 1.77. The molecule has 0 spiro atoms. The van der Waals surface area contributed by atoms with Crippen molar-refractivity contribution < 1.29 is 4.79 Å². The SMILES string of the molecule is CN(Cc1ccncc1)C(=O)c1cn(-c2ccccc2)nc1-c1cccs1. The number of thiophene rings is 1. The van der Waals surface area contributed by atoms with Gasteiger partial charge in [-0.15, -0.1) is 11.3 Å². The third kappa shape index (κ3) is 3.66. The fourth-order valence-corrected chi connectivity index (χ4v) is 3.60. The van der Waals surface area contributed by atoms with Crippen molar-refractivity contribution in [2.75, 3.05) is 7.05 Å². The van der Waals surface area contributed by atoms with Gasteiger partial charge in [-0.25, -0.2) is 4.68 Å². The van der Waals surface area contributed by atoms with Crippen LogP contribution in [0.15, 0.2) is 78.6 Å². The van der Waals surface area contributed by atoms with Gasteiger partial charge in [0.2, 0.25) is 0 Å². The van der Waals surface area contributed by atoms with E-state index in [1.54, 1.807) is 40.4 Å². The first-order valence-electron chi connectivity index (χ1n) is 8.56. The van der Waals surface area contributed by atoms with Crippen LogP contribution in [0.2, 0.25) is 0 Å². The number of carbonyl (C=O) groups is 1. The highest BCUT2D eigenvalue weighted by molar-refractivity contribution is 7.13. The van der Waals surface area contributed by atoms with Crippen LogP contribution < -0.4 is 0 Å². The molecular formula is C21H18N4OS. The maximum Gasteiger partial charge on any atom is 0.257 e. The van der Waals surface area contributed by atoms with Crippen LogP contribution in [0.5, 0.6) is 0 Å². The average Bonchev–Trinajstić information content (AvgIpc) is 3.38. The Hall–Kier alpha value is -3.25. The van der Waals surface area contributed by atoms with Gasteiger partial charge in [-0.1, -0.05) is 24.3 Å². The maximum atomic E-state index is 13.2. The van der Waals surface area contributed by atoms with E-state index in [0.29, 0.717) is 17.8 Å². The Labute approximate surface area is 161 Å². The van der Waals surface area contributed by atoms with E-state index in [-0.39, 0.29) is 5.91 Å². The van der Waals surface area contributed by atoms with Crippen LogP contribution >= 0.6 is 11.3 Å². The first-order valence-corrected chi connectivity index (χ1v) is 9.43. The number of pyridine rings is 1. The van der Waals surface area contributed by atoms with E-state index in [0.717, 1.165) is 16.1 Å². The highest BCUT2D eigenvalue weighted by atomic mass is 32.1. The fourth-order valence-electron chi connectivity index (χ4n) is 2.88. The molecule has 0 bridgehead atoms. The predicted octanol–water partition coefficient (Wildman–Crippen LogP) is 4.27. The van der Waals surface area contributed by atoms with Gasteiger partial charge in [0.1, 0.15) is 5.69 Å². The standard InChI is InChI=1S/C21H18N4OS/c1-24(14-16-9-11-22-12-10-16)21(26)18-15-25(17-6-3-2-4-7-17)23-20(18)19-8-5-13-27-19/h2-13,15H,14H2,1H3. The van der Waals surface area contributed by atoms with Crippen molar-refractivity contribution >= 4 is 17.2 Å². The lowest BCUT2D eigenvalue weighted by atomic mass is 10.2. The summed E-state index contributed by atoms with van der Waals surface area (Å²) in [7, 11) is 1.81. The van der Waals surface area contributed by atoms with E-state index in [2.05, 4.69) is 4.98 Å². The number of nitrogens with zero attached hydrogens (tertiary/aromatic N) is 4. The zero-order valence-corrected chi connectivity index (χ0v) is 15.6. The Morgan fingerprint density at radius 3 is 2.56 bits per heavy atom. The molecule has 0 aliphatic carbocycles. The second-order valence-electron chi connectivity index (χ2n) is 6.17. The number of benzene rings is 1. The van der Waals surface area contributed by atoms with Gasteiger partial charge in [0.05, 0.1) is 16.1 Å².